The van der Waals surface area contributed by atoms with Crippen LogP contribution in [0.25, 0.3) is 0 Å². The highest BCUT2D eigenvalue weighted by atomic mass is 32.2. The summed E-state index contributed by atoms with van der Waals surface area (Å²) in [6.45, 7) is 1.74. The van der Waals surface area contributed by atoms with Crippen molar-refractivity contribution >= 4 is 21.7 Å². The number of hydrogen-bond donors (Lipinski definition) is 1. The van der Waals surface area contributed by atoms with E-state index in [-0.39, 0.29) is 16.6 Å². The van der Waals surface area contributed by atoms with Crippen LogP contribution >= 0.6 is 0 Å². The van der Waals surface area contributed by atoms with Gasteiger partial charge in [-0.25, -0.2) is 0 Å². The summed E-state index contributed by atoms with van der Waals surface area (Å²) in [5.74, 6) is 0.118. The standard InChI is InChI=1S/C15H15NO4S/c1-2-15(17)16-12-8-10-14(11-9-12)21(18,19)20-13-6-4-3-5-7-13/h3-11H,2H2,1H3,(H,16,17). The molecule has 1 amide bonds. The fourth-order valence-electron chi connectivity index (χ4n) is 1.61. The van der Waals surface area contributed by atoms with Crippen molar-refractivity contribution in [3.63, 3.8) is 0 Å². The van der Waals surface area contributed by atoms with Crippen LogP contribution in [0, 0.1) is 0 Å². The molecule has 0 atom stereocenters. The van der Waals surface area contributed by atoms with Gasteiger partial charge in [0.1, 0.15) is 10.6 Å². The molecule has 0 aliphatic heterocycles. The number of hydrogen-bond acceptors (Lipinski definition) is 4. The van der Waals surface area contributed by atoms with Gasteiger partial charge in [0.25, 0.3) is 0 Å². The van der Waals surface area contributed by atoms with Crippen LogP contribution in [-0.4, -0.2) is 14.3 Å². The number of amides is 1. The number of carbonyl (C=O) groups excluding carboxylic acids is 1. The minimum absolute atomic E-state index is 0.0286. The highest BCUT2D eigenvalue weighted by Crippen LogP contribution is 2.19. The maximum absolute atomic E-state index is 12.1. The molecule has 0 aliphatic carbocycles. The van der Waals surface area contributed by atoms with Crippen LogP contribution in [0.1, 0.15) is 13.3 Å². The average Bonchev–Trinajstić information content (AvgIpc) is 2.48. The number of nitrogens with one attached hydrogen (secondary N) is 1. The van der Waals surface area contributed by atoms with Gasteiger partial charge >= 0.3 is 10.1 Å². The minimum atomic E-state index is -3.88. The van der Waals surface area contributed by atoms with E-state index in [1.807, 2.05) is 0 Å². The van der Waals surface area contributed by atoms with Gasteiger partial charge in [0, 0.05) is 12.1 Å². The predicted octanol–water partition coefficient (Wildman–Crippen LogP) is 2.80. The first kappa shape index (κ1) is 15.1. The summed E-state index contributed by atoms with van der Waals surface area (Å²) in [4.78, 5) is 11.3. The van der Waals surface area contributed by atoms with Crippen LogP contribution in [0.5, 0.6) is 5.75 Å². The molecule has 0 heterocycles. The monoisotopic (exact) mass is 305 g/mol. The molecule has 0 saturated heterocycles. The molecule has 6 heteroatoms. The van der Waals surface area contributed by atoms with E-state index in [1.165, 1.54) is 24.3 Å². The zero-order valence-electron chi connectivity index (χ0n) is 11.4. The van der Waals surface area contributed by atoms with E-state index in [0.717, 1.165) is 0 Å². The van der Waals surface area contributed by atoms with E-state index in [2.05, 4.69) is 5.32 Å². The number of benzene rings is 2. The molecule has 5 nitrogen and oxygen atoms in total. The van der Waals surface area contributed by atoms with Gasteiger partial charge in [-0.1, -0.05) is 25.1 Å². The maximum Gasteiger partial charge on any atom is 0.339 e. The van der Waals surface area contributed by atoms with Crippen LogP contribution in [0.3, 0.4) is 0 Å². The Morgan fingerprint density at radius 3 is 2.24 bits per heavy atom. The number of para-hydroxylation sites is 1. The molecule has 0 saturated carbocycles. The van der Waals surface area contributed by atoms with Gasteiger partial charge in [-0.15, -0.1) is 0 Å². The zero-order valence-corrected chi connectivity index (χ0v) is 12.3. The molecule has 0 aromatic heterocycles. The molecule has 0 bridgehead atoms. The fourth-order valence-corrected chi connectivity index (χ4v) is 2.54. The van der Waals surface area contributed by atoms with Gasteiger partial charge in [0.2, 0.25) is 5.91 Å². The van der Waals surface area contributed by atoms with Crippen LogP contribution in [0.15, 0.2) is 59.5 Å². The third-order valence-corrected chi connectivity index (χ3v) is 3.96. The van der Waals surface area contributed by atoms with Gasteiger partial charge in [0.05, 0.1) is 0 Å². The lowest BCUT2D eigenvalue weighted by Crippen LogP contribution is -2.11. The maximum atomic E-state index is 12.1. The summed E-state index contributed by atoms with van der Waals surface area (Å²) in [7, 11) is -3.88. The minimum Gasteiger partial charge on any atom is -0.379 e. The summed E-state index contributed by atoms with van der Waals surface area (Å²) in [6, 6.07) is 14.1. The van der Waals surface area contributed by atoms with Gasteiger partial charge in [-0.05, 0) is 36.4 Å². The van der Waals surface area contributed by atoms with E-state index in [9.17, 15) is 13.2 Å². The van der Waals surface area contributed by atoms with Crippen LogP contribution < -0.4 is 9.50 Å². The van der Waals surface area contributed by atoms with Gasteiger partial charge in [-0.3, -0.25) is 4.79 Å². The third kappa shape index (κ3) is 4.06. The molecule has 1 N–H and O–H groups in total. The van der Waals surface area contributed by atoms with E-state index in [1.54, 1.807) is 37.3 Å². The third-order valence-electron chi connectivity index (χ3n) is 2.70. The Bertz CT molecular complexity index is 709. The first-order valence-corrected chi connectivity index (χ1v) is 7.81. The zero-order chi connectivity index (χ0) is 15.3. The molecule has 0 spiro atoms. The van der Waals surface area contributed by atoms with Crippen LogP contribution in [0.4, 0.5) is 5.69 Å². The molecule has 0 fully saturated rings. The lowest BCUT2D eigenvalue weighted by Gasteiger charge is -2.08. The Hall–Kier alpha value is -2.34. The second-order valence-corrected chi connectivity index (χ2v) is 5.82. The molecule has 0 unspecified atom stereocenters. The molecule has 21 heavy (non-hydrogen) atoms. The molecular weight excluding hydrogens is 290 g/mol. The van der Waals surface area contributed by atoms with Crippen molar-refractivity contribution in [3.05, 3.63) is 54.6 Å². The van der Waals surface area contributed by atoms with Gasteiger partial charge in [0.15, 0.2) is 0 Å². The van der Waals surface area contributed by atoms with Crippen molar-refractivity contribution in [1.29, 1.82) is 0 Å². The van der Waals surface area contributed by atoms with Crippen molar-refractivity contribution in [3.8, 4) is 5.75 Å². The lowest BCUT2D eigenvalue weighted by molar-refractivity contribution is -0.115. The summed E-state index contributed by atoms with van der Waals surface area (Å²) >= 11 is 0. The lowest BCUT2D eigenvalue weighted by atomic mass is 10.3. The molecule has 2 rings (SSSR count). The number of carbonyl (C=O) groups is 1. The fraction of sp³-hybridized carbons (Fsp3) is 0.133. The first-order chi connectivity index (χ1) is 10.0. The molecule has 2 aromatic carbocycles. The van der Waals surface area contributed by atoms with Gasteiger partial charge in [-0.2, -0.15) is 8.42 Å². The number of anilines is 1. The first-order valence-electron chi connectivity index (χ1n) is 6.41. The van der Waals surface area contributed by atoms with Crippen molar-refractivity contribution < 1.29 is 17.4 Å². The van der Waals surface area contributed by atoms with E-state index in [4.69, 9.17) is 4.18 Å². The average molecular weight is 305 g/mol. The molecule has 2 aromatic rings. The summed E-state index contributed by atoms with van der Waals surface area (Å²) in [5.41, 5.74) is 0.542. The Balaban J connectivity index is 2.15. The van der Waals surface area contributed by atoms with Crippen molar-refractivity contribution in [2.45, 2.75) is 18.2 Å². The SMILES string of the molecule is CCC(=O)Nc1ccc(S(=O)(=O)Oc2ccccc2)cc1. The Labute approximate surface area is 123 Å². The summed E-state index contributed by atoms with van der Waals surface area (Å²) < 4.78 is 29.2. The molecule has 110 valence electrons. The predicted molar refractivity (Wildman–Crippen MR) is 79.6 cm³/mol. The van der Waals surface area contributed by atoms with Crippen molar-refractivity contribution in [2.24, 2.45) is 0 Å². The van der Waals surface area contributed by atoms with E-state index >= 15 is 0 Å². The van der Waals surface area contributed by atoms with E-state index < -0.39 is 10.1 Å². The Kier molecular flexibility index (Phi) is 4.59. The molecule has 0 radical (unpaired) electrons. The van der Waals surface area contributed by atoms with Crippen LogP contribution in [-0.2, 0) is 14.9 Å². The second kappa shape index (κ2) is 6.41. The highest BCUT2D eigenvalue weighted by Gasteiger charge is 2.16. The molecular formula is C15H15NO4S. The normalized spacial score (nSPS) is 10.9. The number of rotatable bonds is 5. The summed E-state index contributed by atoms with van der Waals surface area (Å²) in [6.07, 6.45) is 0.358. The quantitative estimate of drug-likeness (QED) is 0.862. The van der Waals surface area contributed by atoms with Crippen molar-refractivity contribution in [1.82, 2.24) is 0 Å². The van der Waals surface area contributed by atoms with Gasteiger partial charge < -0.3 is 9.50 Å². The largest absolute Gasteiger partial charge is 0.379 e. The van der Waals surface area contributed by atoms with Crippen molar-refractivity contribution in [2.75, 3.05) is 5.32 Å². The second-order valence-electron chi connectivity index (χ2n) is 4.28. The summed E-state index contributed by atoms with van der Waals surface area (Å²) in [5, 5.41) is 2.65. The Morgan fingerprint density at radius 1 is 1.05 bits per heavy atom. The topological polar surface area (TPSA) is 72.5 Å². The smallest absolute Gasteiger partial charge is 0.339 e. The Morgan fingerprint density at radius 2 is 1.67 bits per heavy atom. The molecule has 0 aliphatic rings. The van der Waals surface area contributed by atoms with Crippen LogP contribution in [0.2, 0.25) is 0 Å². The highest BCUT2D eigenvalue weighted by molar-refractivity contribution is 7.87. The van der Waals surface area contributed by atoms with E-state index in [0.29, 0.717) is 12.1 Å².